The summed E-state index contributed by atoms with van der Waals surface area (Å²) in [7, 11) is 0. The molecule has 2 fully saturated rings. The molecule has 0 aliphatic carbocycles. The van der Waals surface area contributed by atoms with Crippen LogP contribution in [0.1, 0.15) is 48.6 Å². The highest BCUT2D eigenvalue weighted by atomic mass is 32.2. The summed E-state index contributed by atoms with van der Waals surface area (Å²) in [4.78, 5) is 72.8. The van der Waals surface area contributed by atoms with Crippen LogP contribution in [0.15, 0.2) is 76.4 Å². The Balaban J connectivity index is 1.12. The minimum Gasteiger partial charge on any atom is -0.347 e. The number of fused-ring (bicyclic) bond motifs is 2. The SMILES string of the molecule is O=C(CSc1nc2ccccc2s1)CC(NC(=O)[C@@H]1CCCN2C(=O)CCC(NC(=O)NCCc3cccs3)C(=O)N12)c1ccccc1. The molecule has 0 bridgehead atoms. The van der Waals surface area contributed by atoms with Gasteiger partial charge >= 0.3 is 6.03 Å². The van der Waals surface area contributed by atoms with E-state index in [4.69, 9.17) is 0 Å². The number of Topliss-reactive ketones (excluding diaryl/α,β-unsaturated/α-hetero) is 1. The number of rotatable bonds is 12. The number of hydrogen-bond donors (Lipinski definition) is 3. The number of thiazole rings is 1. The van der Waals surface area contributed by atoms with E-state index >= 15 is 0 Å². The van der Waals surface area contributed by atoms with Crippen LogP contribution < -0.4 is 16.0 Å². The first-order valence-corrected chi connectivity index (χ1v) is 18.6. The highest BCUT2D eigenvalue weighted by Crippen LogP contribution is 2.31. The summed E-state index contributed by atoms with van der Waals surface area (Å²) in [6.45, 7) is 0.698. The van der Waals surface area contributed by atoms with Crippen molar-refractivity contribution < 1.29 is 24.0 Å². The van der Waals surface area contributed by atoms with Crippen LogP contribution in [-0.4, -0.2) is 75.5 Å². The Morgan fingerprint density at radius 1 is 1.00 bits per heavy atom. The molecule has 3 N–H and O–H groups in total. The normalized spacial score (nSPS) is 18.6. The van der Waals surface area contributed by atoms with Crippen molar-refractivity contribution in [1.82, 2.24) is 31.0 Å². The molecule has 5 amide bonds. The Morgan fingerprint density at radius 3 is 2.60 bits per heavy atom. The van der Waals surface area contributed by atoms with E-state index in [1.165, 1.54) is 33.1 Å². The Bertz CT molecular complexity index is 1730. The van der Waals surface area contributed by atoms with Gasteiger partial charge in [-0.05, 0) is 54.8 Å². The first-order valence-electron chi connectivity index (χ1n) is 15.9. The van der Waals surface area contributed by atoms with E-state index in [1.54, 1.807) is 11.3 Å². The van der Waals surface area contributed by atoms with Gasteiger partial charge in [-0.15, -0.1) is 22.7 Å². The number of hydrazine groups is 1. The lowest BCUT2D eigenvalue weighted by Gasteiger charge is -2.43. The number of nitrogens with zero attached hydrogens (tertiary/aromatic N) is 3. The van der Waals surface area contributed by atoms with Crippen molar-refractivity contribution in [3.8, 4) is 0 Å². The van der Waals surface area contributed by atoms with Gasteiger partial charge in [-0.3, -0.25) is 24.2 Å². The zero-order valence-corrected chi connectivity index (χ0v) is 28.6. The van der Waals surface area contributed by atoms with E-state index in [0.717, 1.165) is 25.0 Å². The molecular formula is C34H36N6O5S3. The molecule has 2 aromatic carbocycles. The number of nitrogens with one attached hydrogen (secondary N) is 3. The van der Waals surface area contributed by atoms with Crippen molar-refractivity contribution in [1.29, 1.82) is 0 Å². The number of aromatic nitrogens is 1. The van der Waals surface area contributed by atoms with Gasteiger partial charge < -0.3 is 16.0 Å². The molecule has 14 heteroatoms. The summed E-state index contributed by atoms with van der Waals surface area (Å²) in [6, 6.07) is 17.9. The molecule has 48 heavy (non-hydrogen) atoms. The van der Waals surface area contributed by atoms with Gasteiger partial charge in [0.2, 0.25) is 11.8 Å². The molecule has 2 unspecified atom stereocenters. The monoisotopic (exact) mass is 704 g/mol. The van der Waals surface area contributed by atoms with Crippen LogP contribution >= 0.6 is 34.4 Å². The van der Waals surface area contributed by atoms with E-state index in [1.807, 2.05) is 72.1 Å². The van der Waals surface area contributed by atoms with Crippen LogP contribution in [0.5, 0.6) is 0 Å². The number of carbonyl (C=O) groups is 5. The number of thiophene rings is 1. The quantitative estimate of drug-likeness (QED) is 0.182. The van der Waals surface area contributed by atoms with Crippen LogP contribution in [0, 0.1) is 0 Å². The molecule has 0 saturated carbocycles. The molecule has 4 heterocycles. The standard InChI is InChI=1S/C34H36N6O5S3/c41-23(21-47-34-38-25-11-4-5-13-29(25)48-34)20-27(22-8-2-1-3-9-22)36-31(43)28-12-6-18-39-30(42)15-14-26(32(44)40(28)39)37-33(45)35-17-16-24-10-7-19-46-24/h1-5,7-11,13,19,26-28H,6,12,14-18,20-21H2,(H,36,43)(H2,35,37,45)/t26?,27?,28-/m0/s1. The molecule has 0 radical (unpaired) electrons. The Hall–Kier alpha value is -4.27. The van der Waals surface area contributed by atoms with Crippen molar-refractivity contribution in [2.24, 2.45) is 0 Å². The summed E-state index contributed by atoms with van der Waals surface area (Å²) >= 11 is 4.51. The van der Waals surface area contributed by atoms with Crippen LogP contribution in [0.2, 0.25) is 0 Å². The average Bonchev–Trinajstić information content (AvgIpc) is 3.76. The summed E-state index contributed by atoms with van der Waals surface area (Å²) in [5.41, 5.74) is 1.65. The van der Waals surface area contributed by atoms with Crippen LogP contribution in [0.25, 0.3) is 10.2 Å². The predicted molar refractivity (Wildman–Crippen MR) is 186 cm³/mol. The van der Waals surface area contributed by atoms with E-state index < -0.39 is 36.0 Å². The molecular weight excluding hydrogens is 669 g/mol. The van der Waals surface area contributed by atoms with Crippen molar-refractivity contribution >= 4 is 74.2 Å². The van der Waals surface area contributed by atoms with Gasteiger partial charge in [0.15, 0.2) is 4.34 Å². The highest BCUT2D eigenvalue weighted by Gasteiger charge is 2.45. The topological polar surface area (TPSA) is 141 Å². The lowest BCUT2D eigenvalue weighted by molar-refractivity contribution is -0.176. The smallest absolute Gasteiger partial charge is 0.315 e. The second-order valence-electron chi connectivity index (χ2n) is 11.6. The van der Waals surface area contributed by atoms with Crippen LogP contribution in [0.4, 0.5) is 4.79 Å². The van der Waals surface area contributed by atoms with Gasteiger partial charge in [-0.1, -0.05) is 60.3 Å². The minimum atomic E-state index is -0.974. The third-order valence-electron chi connectivity index (χ3n) is 8.29. The Morgan fingerprint density at radius 2 is 1.81 bits per heavy atom. The van der Waals surface area contributed by atoms with Gasteiger partial charge in [-0.25, -0.2) is 14.8 Å². The van der Waals surface area contributed by atoms with Crippen molar-refractivity contribution in [3.63, 3.8) is 0 Å². The molecule has 3 atom stereocenters. The number of amides is 5. The van der Waals surface area contributed by atoms with Gasteiger partial charge in [0, 0.05) is 30.8 Å². The van der Waals surface area contributed by atoms with Gasteiger partial charge in [0.1, 0.15) is 17.9 Å². The van der Waals surface area contributed by atoms with Gasteiger partial charge in [0.05, 0.1) is 22.0 Å². The fourth-order valence-electron chi connectivity index (χ4n) is 5.92. The number of benzene rings is 2. The van der Waals surface area contributed by atoms with E-state index in [2.05, 4.69) is 20.9 Å². The molecule has 2 aromatic heterocycles. The van der Waals surface area contributed by atoms with Crippen molar-refractivity contribution in [2.75, 3.05) is 18.8 Å². The molecule has 11 nitrogen and oxygen atoms in total. The number of thioether (sulfide) groups is 1. The summed E-state index contributed by atoms with van der Waals surface area (Å²) in [6.07, 6.45) is 1.77. The van der Waals surface area contributed by atoms with E-state index in [9.17, 15) is 24.0 Å². The van der Waals surface area contributed by atoms with Crippen LogP contribution in [0.3, 0.4) is 0 Å². The second kappa shape index (κ2) is 15.8. The number of hydrogen-bond acceptors (Lipinski definition) is 9. The maximum atomic E-state index is 14.0. The fraction of sp³-hybridized carbons (Fsp3) is 0.353. The third-order valence-corrected chi connectivity index (χ3v) is 11.5. The number of carbonyl (C=O) groups excluding carboxylic acids is 5. The first-order chi connectivity index (χ1) is 23.4. The lowest BCUT2D eigenvalue weighted by atomic mass is 10.00. The molecule has 2 saturated heterocycles. The maximum absolute atomic E-state index is 14.0. The minimum absolute atomic E-state index is 0.0484. The summed E-state index contributed by atoms with van der Waals surface area (Å²) in [5.74, 6) is -1.10. The lowest BCUT2D eigenvalue weighted by Crippen LogP contribution is -2.64. The van der Waals surface area contributed by atoms with E-state index in [-0.39, 0.29) is 36.7 Å². The number of para-hydroxylation sites is 1. The van der Waals surface area contributed by atoms with E-state index in [0.29, 0.717) is 32.4 Å². The molecule has 250 valence electrons. The maximum Gasteiger partial charge on any atom is 0.315 e. The largest absolute Gasteiger partial charge is 0.347 e. The predicted octanol–water partition coefficient (Wildman–Crippen LogP) is 4.71. The third kappa shape index (κ3) is 8.23. The van der Waals surface area contributed by atoms with Gasteiger partial charge in [-0.2, -0.15) is 0 Å². The number of ketones is 1. The molecule has 6 rings (SSSR count). The average molecular weight is 705 g/mol. The van der Waals surface area contributed by atoms with Crippen LogP contribution in [-0.2, 0) is 25.6 Å². The van der Waals surface area contributed by atoms with Gasteiger partial charge in [0.25, 0.3) is 5.91 Å². The zero-order valence-electron chi connectivity index (χ0n) is 26.1. The highest BCUT2D eigenvalue weighted by molar-refractivity contribution is 8.01. The Kier molecular flexibility index (Phi) is 11.0. The Labute approximate surface area is 290 Å². The second-order valence-corrected chi connectivity index (χ2v) is 14.9. The zero-order chi connectivity index (χ0) is 33.5. The first kappa shape index (κ1) is 33.6. The summed E-state index contributed by atoms with van der Waals surface area (Å²) < 4.78 is 1.85. The van der Waals surface area contributed by atoms with Crippen molar-refractivity contribution in [3.05, 3.63) is 82.6 Å². The summed E-state index contributed by atoms with van der Waals surface area (Å²) in [5, 5.41) is 13.1. The molecule has 4 aromatic rings. The molecule has 2 aliphatic heterocycles. The molecule has 2 aliphatic rings. The number of urea groups is 1. The fourth-order valence-corrected chi connectivity index (χ4v) is 8.57. The molecule has 0 spiro atoms. The van der Waals surface area contributed by atoms with Crippen molar-refractivity contribution in [2.45, 2.75) is 61.0 Å².